The number of nitrogens with zero attached hydrogens (tertiary/aromatic N) is 4. The molecule has 1 heterocycles. The Hall–Kier alpha value is -3.17. The van der Waals surface area contributed by atoms with E-state index in [2.05, 4.69) is 18.7 Å². The first-order valence-corrected chi connectivity index (χ1v) is 13.7. The molecule has 8 nitrogen and oxygen atoms in total. The molecule has 0 aromatic heterocycles. The normalized spacial score (nSPS) is 15.4. The van der Waals surface area contributed by atoms with Crippen LogP contribution in [0.15, 0.2) is 42.5 Å². The third kappa shape index (κ3) is 9.21. The molecule has 1 aliphatic rings. The summed E-state index contributed by atoms with van der Waals surface area (Å²) >= 11 is 0. The number of carbonyl (C=O) groups excluding carboxylic acids is 2. The van der Waals surface area contributed by atoms with Crippen LogP contribution in [0, 0.1) is 11.7 Å². The number of halogens is 1. The summed E-state index contributed by atoms with van der Waals surface area (Å²) in [5, 5.41) is 0. The largest absolute Gasteiger partial charge is 0.484 e. The van der Waals surface area contributed by atoms with Gasteiger partial charge in [0.05, 0.1) is 0 Å². The standard InChI is InChI=1S/C30H43FN4O4/c1-23(2)19-33-13-7-15-34(29(36)22-39-27-10-6-9-26(18-27)32(3)4)20-24-17-25(31)11-12-28(24)35(16-8-14-33)30(37)21-38-5/h6,9-12,17-18,23H,7-8,13-16,19-22H2,1-5H3. The van der Waals surface area contributed by atoms with Crippen molar-refractivity contribution in [2.75, 3.05) is 76.9 Å². The van der Waals surface area contributed by atoms with Crippen LogP contribution in [0.3, 0.4) is 0 Å². The Morgan fingerprint density at radius 3 is 2.41 bits per heavy atom. The topological polar surface area (TPSA) is 65.6 Å². The molecular formula is C30H43FN4O4. The van der Waals surface area contributed by atoms with Crippen molar-refractivity contribution in [1.82, 2.24) is 9.80 Å². The van der Waals surface area contributed by atoms with Crippen LogP contribution < -0.4 is 14.5 Å². The Morgan fingerprint density at radius 1 is 0.974 bits per heavy atom. The Balaban J connectivity index is 1.88. The number of methoxy groups -OCH3 is 1. The SMILES string of the molecule is COCC(=O)N1CCCN(CC(C)C)CCCN(C(=O)COc2cccc(N(C)C)c2)Cc2cc(F)ccc21. The van der Waals surface area contributed by atoms with Gasteiger partial charge in [-0.25, -0.2) is 4.39 Å². The lowest BCUT2D eigenvalue weighted by atomic mass is 10.1. The van der Waals surface area contributed by atoms with E-state index in [9.17, 15) is 14.0 Å². The lowest BCUT2D eigenvalue weighted by Gasteiger charge is -2.32. The predicted molar refractivity (Wildman–Crippen MR) is 153 cm³/mol. The monoisotopic (exact) mass is 542 g/mol. The van der Waals surface area contributed by atoms with E-state index in [1.165, 1.54) is 19.2 Å². The number of fused-ring (bicyclic) bond motifs is 1. The summed E-state index contributed by atoms with van der Waals surface area (Å²) in [4.78, 5) is 34.3. The molecule has 0 bridgehead atoms. The van der Waals surface area contributed by atoms with E-state index < -0.39 is 5.82 Å². The number of amides is 2. The third-order valence-electron chi connectivity index (χ3n) is 6.69. The maximum absolute atomic E-state index is 14.4. The summed E-state index contributed by atoms with van der Waals surface area (Å²) < 4.78 is 25.5. The minimum absolute atomic E-state index is 0.0744. The lowest BCUT2D eigenvalue weighted by molar-refractivity contribution is -0.134. The summed E-state index contributed by atoms with van der Waals surface area (Å²) in [6, 6.07) is 12.0. The lowest BCUT2D eigenvalue weighted by Crippen LogP contribution is -2.41. The van der Waals surface area contributed by atoms with Crippen LogP contribution in [0.25, 0.3) is 0 Å². The van der Waals surface area contributed by atoms with Gasteiger partial charge in [-0.05, 0) is 67.7 Å². The van der Waals surface area contributed by atoms with Crippen LogP contribution in [-0.2, 0) is 20.9 Å². The second kappa shape index (κ2) is 14.8. The predicted octanol–water partition coefficient (Wildman–Crippen LogP) is 4.03. The fraction of sp³-hybridized carbons (Fsp3) is 0.533. The number of carbonyl (C=O) groups is 2. The van der Waals surface area contributed by atoms with Gasteiger partial charge in [-0.2, -0.15) is 0 Å². The van der Waals surface area contributed by atoms with Crippen molar-refractivity contribution in [3.8, 4) is 5.75 Å². The van der Waals surface area contributed by atoms with Gasteiger partial charge < -0.3 is 29.1 Å². The number of hydrogen-bond donors (Lipinski definition) is 0. The molecule has 2 amide bonds. The van der Waals surface area contributed by atoms with Gasteiger partial charge in [-0.15, -0.1) is 0 Å². The van der Waals surface area contributed by atoms with E-state index >= 15 is 0 Å². The minimum Gasteiger partial charge on any atom is -0.484 e. The zero-order valence-corrected chi connectivity index (χ0v) is 24.0. The minimum atomic E-state index is -0.410. The van der Waals surface area contributed by atoms with Crippen molar-refractivity contribution >= 4 is 23.2 Å². The smallest absolute Gasteiger partial charge is 0.260 e. The molecule has 39 heavy (non-hydrogen) atoms. The summed E-state index contributed by atoms with van der Waals surface area (Å²) in [5.41, 5.74) is 2.16. The molecule has 0 spiro atoms. The van der Waals surface area contributed by atoms with Crippen LogP contribution >= 0.6 is 0 Å². The van der Waals surface area contributed by atoms with Crippen LogP contribution in [-0.4, -0.2) is 88.8 Å². The van der Waals surface area contributed by atoms with Gasteiger partial charge in [-0.1, -0.05) is 19.9 Å². The second-order valence-electron chi connectivity index (χ2n) is 10.6. The van der Waals surface area contributed by atoms with E-state index in [1.807, 2.05) is 43.3 Å². The highest BCUT2D eigenvalue weighted by Crippen LogP contribution is 2.26. The van der Waals surface area contributed by atoms with Gasteiger partial charge in [-0.3, -0.25) is 9.59 Å². The van der Waals surface area contributed by atoms with Crippen LogP contribution in [0.4, 0.5) is 15.8 Å². The highest BCUT2D eigenvalue weighted by Gasteiger charge is 2.24. The molecule has 214 valence electrons. The molecule has 0 saturated heterocycles. The van der Waals surface area contributed by atoms with Gasteiger partial charge in [0.15, 0.2) is 6.61 Å². The van der Waals surface area contributed by atoms with E-state index in [0.717, 1.165) is 38.2 Å². The molecule has 2 aromatic carbocycles. The maximum Gasteiger partial charge on any atom is 0.260 e. The summed E-state index contributed by atoms with van der Waals surface area (Å²) in [5.74, 6) is 0.307. The molecular weight excluding hydrogens is 499 g/mol. The van der Waals surface area contributed by atoms with Crippen molar-refractivity contribution in [3.05, 3.63) is 53.8 Å². The number of benzene rings is 2. The molecule has 3 rings (SSSR count). The van der Waals surface area contributed by atoms with Gasteiger partial charge in [0, 0.05) is 64.8 Å². The fourth-order valence-corrected chi connectivity index (χ4v) is 4.86. The summed E-state index contributed by atoms with van der Waals surface area (Å²) in [6.07, 6.45) is 1.56. The Morgan fingerprint density at radius 2 is 1.72 bits per heavy atom. The molecule has 1 aliphatic heterocycles. The molecule has 0 radical (unpaired) electrons. The molecule has 2 aromatic rings. The third-order valence-corrected chi connectivity index (χ3v) is 6.69. The molecule has 0 saturated carbocycles. The molecule has 0 aliphatic carbocycles. The fourth-order valence-electron chi connectivity index (χ4n) is 4.86. The number of hydrogen-bond acceptors (Lipinski definition) is 6. The highest BCUT2D eigenvalue weighted by molar-refractivity contribution is 5.95. The van der Waals surface area contributed by atoms with Crippen LogP contribution in [0.5, 0.6) is 5.75 Å². The van der Waals surface area contributed by atoms with Gasteiger partial charge >= 0.3 is 0 Å². The van der Waals surface area contributed by atoms with Crippen molar-refractivity contribution in [1.29, 1.82) is 0 Å². The van der Waals surface area contributed by atoms with Crippen molar-refractivity contribution in [2.45, 2.75) is 33.2 Å². The number of ether oxygens (including phenoxy) is 2. The number of anilines is 2. The van der Waals surface area contributed by atoms with Crippen molar-refractivity contribution in [3.63, 3.8) is 0 Å². The summed E-state index contributed by atoms with van der Waals surface area (Å²) in [6.45, 7) is 7.91. The molecule has 9 heteroatoms. The highest BCUT2D eigenvalue weighted by atomic mass is 19.1. The van der Waals surface area contributed by atoms with Gasteiger partial charge in [0.2, 0.25) is 0 Å². The first-order valence-electron chi connectivity index (χ1n) is 13.7. The second-order valence-corrected chi connectivity index (χ2v) is 10.6. The van der Waals surface area contributed by atoms with E-state index in [0.29, 0.717) is 36.0 Å². The quantitative estimate of drug-likeness (QED) is 0.502. The van der Waals surface area contributed by atoms with Crippen molar-refractivity contribution < 1.29 is 23.5 Å². The van der Waals surface area contributed by atoms with E-state index in [1.54, 1.807) is 15.9 Å². The first kappa shape index (κ1) is 30.4. The zero-order chi connectivity index (χ0) is 28.4. The van der Waals surface area contributed by atoms with Crippen LogP contribution in [0.2, 0.25) is 0 Å². The molecule has 0 fully saturated rings. The van der Waals surface area contributed by atoms with Crippen molar-refractivity contribution in [2.24, 2.45) is 5.92 Å². The molecule has 0 atom stereocenters. The van der Waals surface area contributed by atoms with E-state index in [-0.39, 0.29) is 31.6 Å². The molecule has 0 unspecified atom stereocenters. The maximum atomic E-state index is 14.4. The average Bonchev–Trinajstić information content (AvgIpc) is 2.88. The summed E-state index contributed by atoms with van der Waals surface area (Å²) in [7, 11) is 5.38. The van der Waals surface area contributed by atoms with Gasteiger partial charge in [0.1, 0.15) is 18.2 Å². The number of rotatable bonds is 8. The Labute approximate surface area is 232 Å². The first-order chi connectivity index (χ1) is 18.7. The average molecular weight is 543 g/mol. The molecule has 0 N–H and O–H groups in total. The van der Waals surface area contributed by atoms with E-state index in [4.69, 9.17) is 9.47 Å². The van der Waals surface area contributed by atoms with Gasteiger partial charge in [0.25, 0.3) is 11.8 Å². The van der Waals surface area contributed by atoms with Crippen LogP contribution in [0.1, 0.15) is 32.3 Å². The Kier molecular flexibility index (Phi) is 11.6. The zero-order valence-electron chi connectivity index (χ0n) is 24.0. The Bertz CT molecular complexity index is 1090.